The van der Waals surface area contributed by atoms with Gasteiger partial charge in [0.05, 0.1) is 0 Å². The molecule has 0 fully saturated rings. The second-order valence-corrected chi connectivity index (χ2v) is 2.99. The van der Waals surface area contributed by atoms with Crippen LogP contribution in [0.15, 0.2) is 12.3 Å². The molecular formula is C8H12ClN3. The quantitative estimate of drug-likeness (QED) is 0.675. The molecule has 0 aliphatic carbocycles. The van der Waals surface area contributed by atoms with Gasteiger partial charge in [0.2, 0.25) is 5.95 Å². The Hall–Kier alpha value is -0.830. The van der Waals surface area contributed by atoms with Gasteiger partial charge in [-0.05, 0) is 12.5 Å². The molecule has 0 saturated heterocycles. The number of halogens is 1. The summed E-state index contributed by atoms with van der Waals surface area (Å²) in [5.74, 6) is 0.685. The van der Waals surface area contributed by atoms with Gasteiger partial charge in [-0.3, -0.25) is 0 Å². The molecule has 3 nitrogen and oxygen atoms in total. The van der Waals surface area contributed by atoms with Crippen molar-refractivity contribution in [2.45, 2.75) is 13.3 Å². The fourth-order valence-electron chi connectivity index (χ4n) is 0.946. The summed E-state index contributed by atoms with van der Waals surface area (Å²) in [5, 5.41) is 0.489. The van der Waals surface area contributed by atoms with Crippen molar-refractivity contribution in [2.24, 2.45) is 0 Å². The Morgan fingerprint density at radius 3 is 2.92 bits per heavy atom. The van der Waals surface area contributed by atoms with Crippen molar-refractivity contribution >= 4 is 17.5 Å². The predicted molar refractivity (Wildman–Crippen MR) is 50.6 cm³/mol. The van der Waals surface area contributed by atoms with Crippen molar-refractivity contribution in [1.29, 1.82) is 0 Å². The Bertz CT molecular complexity index is 252. The summed E-state index contributed by atoms with van der Waals surface area (Å²) in [7, 11) is 1.95. The lowest BCUT2D eigenvalue weighted by molar-refractivity contribution is 0.819. The number of anilines is 1. The first-order valence-corrected chi connectivity index (χ1v) is 4.31. The summed E-state index contributed by atoms with van der Waals surface area (Å²) in [6, 6.07) is 1.67. The number of hydrogen-bond acceptors (Lipinski definition) is 3. The molecule has 0 N–H and O–H groups in total. The highest BCUT2D eigenvalue weighted by molar-refractivity contribution is 6.29. The van der Waals surface area contributed by atoms with Gasteiger partial charge in [0.15, 0.2) is 0 Å². The van der Waals surface area contributed by atoms with Gasteiger partial charge in [-0.25, -0.2) is 9.97 Å². The average Bonchev–Trinajstić information content (AvgIpc) is 2.05. The fourth-order valence-corrected chi connectivity index (χ4v) is 1.08. The third-order valence-electron chi connectivity index (χ3n) is 1.51. The van der Waals surface area contributed by atoms with E-state index in [1.807, 2.05) is 11.9 Å². The molecule has 0 radical (unpaired) electrons. The first-order valence-electron chi connectivity index (χ1n) is 3.93. The molecule has 0 atom stereocenters. The number of hydrogen-bond donors (Lipinski definition) is 0. The summed E-state index contributed by atoms with van der Waals surface area (Å²) >= 11 is 5.71. The molecule has 12 heavy (non-hydrogen) atoms. The Morgan fingerprint density at radius 1 is 1.58 bits per heavy atom. The smallest absolute Gasteiger partial charge is 0.226 e. The van der Waals surface area contributed by atoms with E-state index in [-0.39, 0.29) is 0 Å². The Balaban J connectivity index is 2.73. The standard InChI is InChI=1S/C8H12ClN3/c1-3-6-12(2)8-10-5-4-7(9)11-8/h4-5H,3,6H2,1-2H3. The zero-order valence-corrected chi connectivity index (χ0v) is 8.04. The van der Waals surface area contributed by atoms with Gasteiger partial charge in [-0.15, -0.1) is 0 Å². The van der Waals surface area contributed by atoms with Crippen LogP contribution < -0.4 is 4.90 Å². The van der Waals surface area contributed by atoms with Gasteiger partial charge < -0.3 is 4.90 Å². The van der Waals surface area contributed by atoms with E-state index in [4.69, 9.17) is 11.6 Å². The van der Waals surface area contributed by atoms with E-state index in [2.05, 4.69) is 16.9 Å². The molecule has 1 rings (SSSR count). The second-order valence-electron chi connectivity index (χ2n) is 2.60. The molecule has 1 aromatic rings. The Morgan fingerprint density at radius 2 is 2.33 bits per heavy atom. The van der Waals surface area contributed by atoms with Crippen LogP contribution in [0, 0.1) is 0 Å². The summed E-state index contributed by atoms with van der Waals surface area (Å²) in [4.78, 5) is 10.1. The van der Waals surface area contributed by atoms with Crippen molar-refractivity contribution < 1.29 is 0 Å². The largest absolute Gasteiger partial charge is 0.344 e. The Labute approximate surface area is 77.4 Å². The average molecular weight is 186 g/mol. The van der Waals surface area contributed by atoms with Gasteiger partial charge in [0.1, 0.15) is 5.15 Å². The molecule has 0 spiro atoms. The Kier molecular flexibility index (Phi) is 3.29. The van der Waals surface area contributed by atoms with E-state index >= 15 is 0 Å². The van der Waals surface area contributed by atoms with Crippen LogP contribution >= 0.6 is 11.6 Å². The van der Waals surface area contributed by atoms with E-state index in [0.717, 1.165) is 13.0 Å². The topological polar surface area (TPSA) is 29.0 Å². The fraction of sp³-hybridized carbons (Fsp3) is 0.500. The van der Waals surface area contributed by atoms with E-state index in [1.54, 1.807) is 12.3 Å². The van der Waals surface area contributed by atoms with Crippen LogP contribution in [-0.4, -0.2) is 23.6 Å². The highest BCUT2D eigenvalue weighted by Gasteiger charge is 2.01. The van der Waals surface area contributed by atoms with E-state index in [0.29, 0.717) is 11.1 Å². The number of aromatic nitrogens is 2. The molecule has 1 aromatic heterocycles. The van der Waals surface area contributed by atoms with Crippen LogP contribution in [0.1, 0.15) is 13.3 Å². The summed E-state index contributed by atoms with van der Waals surface area (Å²) in [6.07, 6.45) is 2.74. The van der Waals surface area contributed by atoms with Crippen LogP contribution in [0.5, 0.6) is 0 Å². The normalized spacial score (nSPS) is 9.92. The van der Waals surface area contributed by atoms with Crippen LogP contribution in [0.25, 0.3) is 0 Å². The monoisotopic (exact) mass is 185 g/mol. The maximum absolute atomic E-state index is 5.71. The van der Waals surface area contributed by atoms with Crippen LogP contribution in [0.3, 0.4) is 0 Å². The molecule has 0 amide bonds. The summed E-state index contributed by atoms with van der Waals surface area (Å²) < 4.78 is 0. The first kappa shape index (κ1) is 9.26. The molecular weight excluding hydrogens is 174 g/mol. The maximum Gasteiger partial charge on any atom is 0.226 e. The van der Waals surface area contributed by atoms with Gasteiger partial charge in [0.25, 0.3) is 0 Å². The highest BCUT2D eigenvalue weighted by Crippen LogP contribution is 2.09. The molecule has 66 valence electrons. The van der Waals surface area contributed by atoms with Crippen LogP contribution in [-0.2, 0) is 0 Å². The molecule has 0 bridgehead atoms. The van der Waals surface area contributed by atoms with Gasteiger partial charge >= 0.3 is 0 Å². The summed E-state index contributed by atoms with van der Waals surface area (Å²) in [5.41, 5.74) is 0. The van der Waals surface area contributed by atoms with Gasteiger partial charge in [-0.1, -0.05) is 18.5 Å². The third-order valence-corrected chi connectivity index (χ3v) is 1.72. The van der Waals surface area contributed by atoms with Crippen LogP contribution in [0.2, 0.25) is 5.15 Å². The third kappa shape index (κ3) is 2.34. The molecule has 1 heterocycles. The van der Waals surface area contributed by atoms with E-state index < -0.39 is 0 Å². The lowest BCUT2D eigenvalue weighted by Crippen LogP contribution is -2.20. The molecule has 0 saturated carbocycles. The van der Waals surface area contributed by atoms with E-state index in [9.17, 15) is 0 Å². The number of rotatable bonds is 3. The zero-order valence-electron chi connectivity index (χ0n) is 7.29. The summed E-state index contributed by atoms with van der Waals surface area (Å²) in [6.45, 7) is 3.06. The highest BCUT2D eigenvalue weighted by atomic mass is 35.5. The molecule has 0 aliphatic rings. The zero-order chi connectivity index (χ0) is 8.97. The van der Waals surface area contributed by atoms with Crippen molar-refractivity contribution in [2.75, 3.05) is 18.5 Å². The number of nitrogens with zero attached hydrogens (tertiary/aromatic N) is 3. The SMILES string of the molecule is CCCN(C)c1nccc(Cl)n1. The van der Waals surface area contributed by atoms with E-state index in [1.165, 1.54) is 0 Å². The minimum absolute atomic E-state index is 0.489. The van der Waals surface area contributed by atoms with Gasteiger partial charge in [-0.2, -0.15) is 0 Å². The van der Waals surface area contributed by atoms with Crippen molar-refractivity contribution in [3.05, 3.63) is 17.4 Å². The minimum Gasteiger partial charge on any atom is -0.344 e. The van der Waals surface area contributed by atoms with Crippen molar-refractivity contribution in [3.8, 4) is 0 Å². The lowest BCUT2D eigenvalue weighted by atomic mass is 10.4. The minimum atomic E-state index is 0.489. The predicted octanol–water partition coefficient (Wildman–Crippen LogP) is 1.98. The molecule has 4 heteroatoms. The van der Waals surface area contributed by atoms with Crippen molar-refractivity contribution in [3.63, 3.8) is 0 Å². The molecule has 0 aromatic carbocycles. The first-order chi connectivity index (χ1) is 5.74. The molecule has 0 unspecified atom stereocenters. The maximum atomic E-state index is 5.71. The van der Waals surface area contributed by atoms with Crippen LogP contribution in [0.4, 0.5) is 5.95 Å². The van der Waals surface area contributed by atoms with Gasteiger partial charge in [0, 0.05) is 19.8 Å². The molecule has 0 aliphatic heterocycles. The lowest BCUT2D eigenvalue weighted by Gasteiger charge is -2.14. The van der Waals surface area contributed by atoms with Crippen molar-refractivity contribution in [1.82, 2.24) is 9.97 Å². The second kappa shape index (κ2) is 4.26.